The smallest absolute Gasteiger partial charge is 0.316 e. The Labute approximate surface area is 96.6 Å². The van der Waals surface area contributed by atoms with Crippen LogP contribution in [0.1, 0.15) is 27.7 Å². The molecule has 1 rings (SSSR count). The van der Waals surface area contributed by atoms with Gasteiger partial charge < -0.3 is 10.1 Å². The molecule has 0 bridgehead atoms. The maximum absolute atomic E-state index is 11.8. The van der Waals surface area contributed by atoms with Gasteiger partial charge in [-0.25, -0.2) is 0 Å². The Kier molecular flexibility index (Phi) is 4.08. The third-order valence-corrected chi connectivity index (χ3v) is 3.08. The van der Waals surface area contributed by atoms with Crippen molar-refractivity contribution in [1.82, 2.24) is 5.32 Å². The van der Waals surface area contributed by atoms with E-state index in [1.54, 1.807) is 0 Å². The molecule has 0 aromatic rings. The molecule has 1 N–H and O–H groups in total. The van der Waals surface area contributed by atoms with Crippen LogP contribution in [0.4, 0.5) is 0 Å². The summed E-state index contributed by atoms with van der Waals surface area (Å²) in [6.45, 7) is 8.71. The van der Waals surface area contributed by atoms with Gasteiger partial charge >= 0.3 is 5.97 Å². The van der Waals surface area contributed by atoms with Gasteiger partial charge in [0.25, 0.3) is 0 Å². The van der Waals surface area contributed by atoms with E-state index in [0.717, 1.165) is 6.54 Å². The Morgan fingerprint density at radius 3 is 2.53 bits per heavy atom. The van der Waals surface area contributed by atoms with Crippen LogP contribution in [-0.4, -0.2) is 23.6 Å². The fraction of sp³-hybridized carbons (Fsp3) is 0.818. The van der Waals surface area contributed by atoms with Crippen molar-refractivity contribution in [3.63, 3.8) is 0 Å². The molecule has 0 radical (unpaired) electrons. The molecule has 0 saturated carbocycles. The zero-order valence-electron chi connectivity index (χ0n) is 9.74. The Morgan fingerprint density at radius 1 is 1.47 bits per heavy atom. The summed E-state index contributed by atoms with van der Waals surface area (Å²) >= 11 is 5.15. The zero-order chi connectivity index (χ0) is 11.6. The number of nitrogens with one attached hydrogen (secondary N) is 1. The van der Waals surface area contributed by atoms with Crippen LogP contribution >= 0.6 is 12.2 Å². The fourth-order valence-corrected chi connectivity index (χ4v) is 2.20. The molecule has 0 spiro atoms. The predicted octanol–water partition coefficient (Wildman–Crippen LogP) is 1.76. The topological polar surface area (TPSA) is 38.3 Å². The first kappa shape index (κ1) is 12.4. The summed E-state index contributed by atoms with van der Waals surface area (Å²) < 4.78 is 5.22. The minimum absolute atomic E-state index is 0.0753. The van der Waals surface area contributed by atoms with Crippen molar-refractivity contribution in [2.75, 3.05) is 6.54 Å². The van der Waals surface area contributed by atoms with Crippen LogP contribution in [0.15, 0.2) is 0 Å². The minimum Gasteiger partial charge on any atom is -0.462 e. The van der Waals surface area contributed by atoms with Crippen LogP contribution in [0, 0.1) is 17.8 Å². The molecule has 3 nitrogen and oxygen atoms in total. The third kappa shape index (κ3) is 2.91. The van der Waals surface area contributed by atoms with E-state index in [9.17, 15) is 4.79 Å². The van der Waals surface area contributed by atoms with Crippen LogP contribution in [0.5, 0.6) is 0 Å². The van der Waals surface area contributed by atoms with Crippen molar-refractivity contribution in [1.29, 1.82) is 0 Å². The van der Waals surface area contributed by atoms with Gasteiger partial charge in [0, 0.05) is 6.54 Å². The first-order valence-corrected chi connectivity index (χ1v) is 5.82. The molecule has 2 atom stereocenters. The number of hydrogen-bond donors (Lipinski definition) is 1. The van der Waals surface area contributed by atoms with E-state index in [1.165, 1.54) is 0 Å². The first-order chi connectivity index (χ1) is 6.93. The van der Waals surface area contributed by atoms with Crippen molar-refractivity contribution in [2.45, 2.75) is 33.8 Å². The van der Waals surface area contributed by atoms with Gasteiger partial charge in [-0.05, 0) is 25.7 Å². The summed E-state index contributed by atoms with van der Waals surface area (Å²) in [4.78, 5) is 12.5. The number of esters is 1. The standard InChI is InChI=1S/C11H19NO2S/c1-6(2)8-5-12-10(15)9(8)11(13)14-7(3)4/h6-9H,5H2,1-4H3,(H,12,15). The van der Waals surface area contributed by atoms with Gasteiger partial charge in [-0.15, -0.1) is 0 Å². The Balaban J connectivity index is 2.71. The van der Waals surface area contributed by atoms with Crippen molar-refractivity contribution >= 4 is 23.2 Å². The van der Waals surface area contributed by atoms with Gasteiger partial charge in [0.2, 0.25) is 0 Å². The molecule has 1 heterocycles. The molecular formula is C11H19NO2S. The second-order valence-corrected chi connectivity index (χ2v) is 5.06. The lowest BCUT2D eigenvalue weighted by Gasteiger charge is -2.21. The SMILES string of the molecule is CC(C)OC(=O)C1C(=S)NCC1C(C)C. The van der Waals surface area contributed by atoms with Crippen molar-refractivity contribution in [2.24, 2.45) is 17.8 Å². The van der Waals surface area contributed by atoms with E-state index < -0.39 is 0 Å². The molecule has 2 unspecified atom stereocenters. The maximum atomic E-state index is 11.8. The first-order valence-electron chi connectivity index (χ1n) is 5.41. The normalized spacial score (nSPS) is 25.9. The molecule has 15 heavy (non-hydrogen) atoms. The molecule has 1 saturated heterocycles. The monoisotopic (exact) mass is 229 g/mol. The number of carbonyl (C=O) groups is 1. The summed E-state index contributed by atoms with van der Waals surface area (Å²) in [7, 11) is 0. The summed E-state index contributed by atoms with van der Waals surface area (Å²) in [5, 5.41) is 3.09. The predicted molar refractivity (Wildman–Crippen MR) is 63.6 cm³/mol. The summed E-state index contributed by atoms with van der Waals surface area (Å²) in [6, 6.07) is 0. The quantitative estimate of drug-likeness (QED) is 0.591. The zero-order valence-corrected chi connectivity index (χ0v) is 10.6. The van der Waals surface area contributed by atoms with E-state index in [1.807, 2.05) is 13.8 Å². The van der Waals surface area contributed by atoms with Gasteiger partial charge in [-0.1, -0.05) is 26.1 Å². The van der Waals surface area contributed by atoms with Gasteiger partial charge in [-0.3, -0.25) is 4.79 Å². The number of carbonyl (C=O) groups excluding carboxylic acids is 1. The number of rotatable bonds is 3. The highest BCUT2D eigenvalue weighted by molar-refractivity contribution is 7.80. The second kappa shape index (κ2) is 4.92. The van der Waals surface area contributed by atoms with E-state index in [-0.39, 0.29) is 23.9 Å². The average molecular weight is 229 g/mol. The largest absolute Gasteiger partial charge is 0.462 e. The number of thiocarbonyl (C=S) groups is 1. The van der Waals surface area contributed by atoms with Gasteiger partial charge in [0.15, 0.2) is 0 Å². The molecule has 86 valence electrons. The molecule has 0 aliphatic carbocycles. The molecular weight excluding hydrogens is 210 g/mol. The van der Waals surface area contributed by atoms with Gasteiger partial charge in [0.1, 0.15) is 5.92 Å². The van der Waals surface area contributed by atoms with Crippen molar-refractivity contribution in [3.8, 4) is 0 Å². The highest BCUT2D eigenvalue weighted by atomic mass is 32.1. The molecule has 0 amide bonds. The second-order valence-electron chi connectivity index (χ2n) is 4.62. The summed E-state index contributed by atoms with van der Waals surface area (Å²) in [6.07, 6.45) is -0.0753. The van der Waals surface area contributed by atoms with Gasteiger partial charge in [0.05, 0.1) is 11.1 Å². The Bertz CT molecular complexity index is 263. The van der Waals surface area contributed by atoms with E-state index in [0.29, 0.717) is 10.9 Å². The van der Waals surface area contributed by atoms with Gasteiger partial charge in [-0.2, -0.15) is 0 Å². The van der Waals surface area contributed by atoms with Crippen LogP contribution in [0.25, 0.3) is 0 Å². The molecule has 1 aliphatic heterocycles. The lowest BCUT2D eigenvalue weighted by atomic mass is 9.86. The van der Waals surface area contributed by atoms with E-state index in [4.69, 9.17) is 17.0 Å². The lowest BCUT2D eigenvalue weighted by molar-refractivity contribution is -0.151. The molecule has 4 heteroatoms. The molecule has 1 aliphatic rings. The Morgan fingerprint density at radius 2 is 2.07 bits per heavy atom. The summed E-state index contributed by atoms with van der Waals surface area (Å²) in [5.74, 6) is 0.271. The van der Waals surface area contributed by atoms with E-state index >= 15 is 0 Å². The van der Waals surface area contributed by atoms with Crippen LogP contribution in [0.2, 0.25) is 0 Å². The van der Waals surface area contributed by atoms with Crippen LogP contribution < -0.4 is 5.32 Å². The fourth-order valence-electron chi connectivity index (χ4n) is 1.85. The third-order valence-electron chi connectivity index (χ3n) is 2.68. The molecule has 1 fully saturated rings. The lowest BCUT2D eigenvalue weighted by Crippen LogP contribution is -2.31. The summed E-state index contributed by atoms with van der Waals surface area (Å²) in [5.41, 5.74) is 0. The number of hydrogen-bond acceptors (Lipinski definition) is 3. The van der Waals surface area contributed by atoms with E-state index in [2.05, 4.69) is 19.2 Å². The number of ether oxygens (including phenoxy) is 1. The average Bonchev–Trinajstić information content (AvgIpc) is 2.45. The van der Waals surface area contributed by atoms with Crippen LogP contribution in [0.3, 0.4) is 0 Å². The maximum Gasteiger partial charge on any atom is 0.316 e. The van der Waals surface area contributed by atoms with Crippen molar-refractivity contribution in [3.05, 3.63) is 0 Å². The highest BCUT2D eigenvalue weighted by Gasteiger charge is 2.40. The minimum atomic E-state index is -0.248. The molecule has 0 aromatic carbocycles. The van der Waals surface area contributed by atoms with Crippen molar-refractivity contribution < 1.29 is 9.53 Å². The molecule has 0 aromatic heterocycles. The van der Waals surface area contributed by atoms with Crippen LogP contribution in [-0.2, 0) is 9.53 Å². The Hall–Kier alpha value is -0.640. The highest BCUT2D eigenvalue weighted by Crippen LogP contribution is 2.27.